The third-order valence-corrected chi connectivity index (χ3v) is 5.76. The summed E-state index contributed by atoms with van der Waals surface area (Å²) in [4.78, 5) is 40.4. The zero-order chi connectivity index (χ0) is 26.5. The van der Waals surface area contributed by atoms with Crippen LogP contribution in [0.4, 0.5) is 5.69 Å². The van der Waals surface area contributed by atoms with Crippen LogP contribution in [0.25, 0.3) is 10.9 Å². The Hall–Kier alpha value is -3.44. The van der Waals surface area contributed by atoms with Crippen LogP contribution in [0.2, 0.25) is 0 Å². The largest absolute Gasteiger partial charge is 0.497 e. The number of anilines is 1. The average Bonchev–Trinajstić information content (AvgIpc) is 2.86. The lowest BCUT2D eigenvalue weighted by molar-refractivity contribution is -0.143. The van der Waals surface area contributed by atoms with Gasteiger partial charge in [0, 0.05) is 30.2 Å². The molecule has 0 saturated heterocycles. The van der Waals surface area contributed by atoms with Crippen molar-refractivity contribution in [1.82, 2.24) is 15.6 Å². The number of carbonyl (C=O) groups is 3. The number of carboxylic acid groups (broad SMARTS) is 1. The number of aromatic nitrogens is 1. The first-order valence-electron chi connectivity index (χ1n) is 12.2. The van der Waals surface area contributed by atoms with Crippen LogP contribution in [0, 0.1) is 0 Å². The van der Waals surface area contributed by atoms with Gasteiger partial charge < -0.3 is 37.3 Å². The third kappa shape index (κ3) is 9.31. The zero-order valence-corrected chi connectivity index (χ0v) is 21.0. The highest BCUT2D eigenvalue weighted by molar-refractivity contribution is 5.92. The van der Waals surface area contributed by atoms with Gasteiger partial charge in [-0.3, -0.25) is 14.6 Å². The summed E-state index contributed by atoms with van der Waals surface area (Å²) in [6.07, 6.45) is 4.59. The van der Waals surface area contributed by atoms with Crippen molar-refractivity contribution in [2.75, 3.05) is 25.5 Å². The summed E-state index contributed by atoms with van der Waals surface area (Å²) in [7, 11) is 1.62. The Kier molecular flexibility index (Phi) is 11.9. The van der Waals surface area contributed by atoms with Gasteiger partial charge in [-0.05, 0) is 51.3 Å². The molecule has 3 atom stereocenters. The molecule has 0 fully saturated rings. The van der Waals surface area contributed by atoms with E-state index in [1.807, 2.05) is 31.2 Å². The van der Waals surface area contributed by atoms with Gasteiger partial charge in [0.2, 0.25) is 11.8 Å². The molecular weight excluding hydrogens is 464 g/mol. The van der Waals surface area contributed by atoms with Gasteiger partial charge in [-0.1, -0.05) is 12.5 Å². The minimum Gasteiger partial charge on any atom is -0.497 e. The number of pyridine rings is 1. The summed E-state index contributed by atoms with van der Waals surface area (Å²) in [5.74, 6) is -1.60. The van der Waals surface area contributed by atoms with Crippen molar-refractivity contribution < 1.29 is 24.2 Å². The first-order chi connectivity index (χ1) is 17.2. The van der Waals surface area contributed by atoms with Crippen molar-refractivity contribution in [3.05, 3.63) is 30.5 Å². The second-order valence-electron chi connectivity index (χ2n) is 8.78. The average molecular weight is 503 g/mol. The second kappa shape index (κ2) is 14.8. The number of unbranched alkanes of at least 4 members (excludes halogenated alkanes) is 1. The van der Waals surface area contributed by atoms with E-state index in [9.17, 15) is 19.5 Å². The SMILES string of the molecule is COc1cc(NC(C)CCCNC(=O)C[C@@H](NC(=O)[C@H](N)CCCCN)C(=O)O)c2ncccc2c1. The highest BCUT2D eigenvalue weighted by Gasteiger charge is 2.25. The molecule has 0 aliphatic carbocycles. The summed E-state index contributed by atoms with van der Waals surface area (Å²) in [6.45, 7) is 2.90. The number of ether oxygens (including phenoxy) is 1. The van der Waals surface area contributed by atoms with E-state index >= 15 is 0 Å². The van der Waals surface area contributed by atoms with Gasteiger partial charge in [-0.25, -0.2) is 4.79 Å². The van der Waals surface area contributed by atoms with Crippen molar-refractivity contribution in [2.45, 2.75) is 63.6 Å². The fourth-order valence-electron chi connectivity index (χ4n) is 3.74. The number of rotatable bonds is 16. The predicted octanol–water partition coefficient (Wildman–Crippen LogP) is 1.36. The number of hydrogen-bond acceptors (Lipinski definition) is 8. The maximum atomic E-state index is 12.3. The van der Waals surface area contributed by atoms with E-state index in [1.165, 1.54) is 0 Å². The minimum atomic E-state index is -1.34. The fourth-order valence-corrected chi connectivity index (χ4v) is 3.74. The number of nitrogens with two attached hydrogens (primary N) is 2. The number of carbonyl (C=O) groups excluding carboxylic acids is 2. The molecule has 2 aromatic rings. The maximum Gasteiger partial charge on any atom is 0.326 e. The molecule has 0 spiro atoms. The molecule has 0 radical (unpaired) electrons. The highest BCUT2D eigenvalue weighted by Crippen LogP contribution is 2.28. The molecule has 8 N–H and O–H groups in total. The number of amides is 2. The number of nitrogens with zero attached hydrogens (tertiary/aromatic N) is 1. The summed E-state index contributed by atoms with van der Waals surface area (Å²) >= 11 is 0. The molecule has 1 aromatic carbocycles. The molecule has 1 unspecified atom stereocenters. The molecular formula is C25H38N6O5. The molecule has 11 nitrogen and oxygen atoms in total. The van der Waals surface area contributed by atoms with Gasteiger partial charge in [0.15, 0.2) is 0 Å². The number of aliphatic carboxylic acids is 1. The van der Waals surface area contributed by atoms with Gasteiger partial charge in [0.25, 0.3) is 0 Å². The number of nitrogens with one attached hydrogen (secondary N) is 3. The van der Waals surface area contributed by atoms with Crippen LogP contribution in [-0.2, 0) is 14.4 Å². The third-order valence-electron chi connectivity index (χ3n) is 5.76. The van der Waals surface area contributed by atoms with E-state index in [0.717, 1.165) is 35.2 Å². The number of carboxylic acids is 1. The van der Waals surface area contributed by atoms with Crippen molar-refractivity contribution in [2.24, 2.45) is 11.5 Å². The Morgan fingerprint density at radius 2 is 1.94 bits per heavy atom. The van der Waals surface area contributed by atoms with Crippen molar-refractivity contribution in [3.8, 4) is 5.75 Å². The second-order valence-corrected chi connectivity index (χ2v) is 8.78. The topological polar surface area (TPSA) is 182 Å². The maximum absolute atomic E-state index is 12.3. The minimum absolute atomic E-state index is 0.0889. The van der Waals surface area contributed by atoms with E-state index < -0.39 is 29.9 Å². The number of fused-ring (bicyclic) bond motifs is 1. The molecule has 2 rings (SSSR count). The predicted molar refractivity (Wildman–Crippen MR) is 139 cm³/mol. The molecule has 0 bridgehead atoms. The Labute approximate surface area is 211 Å². The first-order valence-corrected chi connectivity index (χ1v) is 12.2. The summed E-state index contributed by atoms with van der Waals surface area (Å²) < 4.78 is 5.38. The van der Waals surface area contributed by atoms with Gasteiger partial charge in [-0.2, -0.15) is 0 Å². The molecule has 36 heavy (non-hydrogen) atoms. The monoisotopic (exact) mass is 502 g/mol. The van der Waals surface area contributed by atoms with Crippen LogP contribution < -0.4 is 32.2 Å². The molecule has 1 heterocycles. The summed E-state index contributed by atoms with van der Waals surface area (Å²) in [5.41, 5.74) is 12.9. The quantitative estimate of drug-likeness (QED) is 0.185. The number of benzene rings is 1. The molecule has 1 aromatic heterocycles. The van der Waals surface area contributed by atoms with Crippen molar-refractivity contribution >= 4 is 34.4 Å². The lowest BCUT2D eigenvalue weighted by atomic mass is 10.1. The van der Waals surface area contributed by atoms with Crippen molar-refractivity contribution in [3.63, 3.8) is 0 Å². The van der Waals surface area contributed by atoms with E-state index in [1.54, 1.807) is 13.3 Å². The van der Waals surface area contributed by atoms with Crippen LogP contribution in [0.3, 0.4) is 0 Å². The first kappa shape index (κ1) is 28.8. The smallest absolute Gasteiger partial charge is 0.326 e. The Bertz CT molecular complexity index is 1020. The number of hydrogen-bond donors (Lipinski definition) is 6. The van der Waals surface area contributed by atoms with Gasteiger partial charge in [0.1, 0.15) is 11.8 Å². The molecule has 2 amide bonds. The Morgan fingerprint density at radius 1 is 1.17 bits per heavy atom. The van der Waals surface area contributed by atoms with Gasteiger partial charge >= 0.3 is 5.97 Å². The highest BCUT2D eigenvalue weighted by atomic mass is 16.5. The molecule has 0 aliphatic rings. The van der Waals surface area contributed by atoms with Gasteiger partial charge in [0.05, 0.1) is 30.8 Å². The van der Waals surface area contributed by atoms with E-state index in [-0.39, 0.29) is 12.5 Å². The van der Waals surface area contributed by atoms with Crippen LogP contribution in [0.1, 0.15) is 45.4 Å². The molecule has 0 saturated carbocycles. The normalized spacial score (nSPS) is 13.4. The molecule has 11 heteroatoms. The lowest BCUT2D eigenvalue weighted by Gasteiger charge is -2.19. The fraction of sp³-hybridized carbons (Fsp3) is 0.520. The van der Waals surface area contributed by atoms with E-state index in [2.05, 4.69) is 20.9 Å². The van der Waals surface area contributed by atoms with Crippen LogP contribution >= 0.6 is 0 Å². The standard InChI is InChI=1S/C25H38N6O5/c1-16(30-20-14-18(36-2)13-17-8-6-12-29-23(17)20)7-5-11-28-22(32)15-21(25(34)35)31-24(33)19(27)9-3-4-10-26/h6,8,12-14,16,19,21,30H,3-5,7,9-11,15,26-27H2,1-2H3,(H,28,32)(H,31,33)(H,34,35)/t16?,19-,21-/m1/s1. The van der Waals surface area contributed by atoms with Crippen LogP contribution in [-0.4, -0.2) is 66.2 Å². The van der Waals surface area contributed by atoms with Gasteiger partial charge in [-0.15, -0.1) is 0 Å². The lowest BCUT2D eigenvalue weighted by Crippen LogP contribution is -2.50. The molecule has 0 aliphatic heterocycles. The Balaban J connectivity index is 1.78. The zero-order valence-electron chi connectivity index (χ0n) is 21.0. The van der Waals surface area contributed by atoms with Crippen LogP contribution in [0.5, 0.6) is 5.75 Å². The van der Waals surface area contributed by atoms with Crippen LogP contribution in [0.15, 0.2) is 30.5 Å². The summed E-state index contributed by atoms with van der Waals surface area (Å²) in [6, 6.07) is 5.58. The number of methoxy groups -OCH3 is 1. The Morgan fingerprint density at radius 3 is 2.64 bits per heavy atom. The molecule has 198 valence electrons. The van der Waals surface area contributed by atoms with E-state index in [4.69, 9.17) is 16.2 Å². The van der Waals surface area contributed by atoms with E-state index in [0.29, 0.717) is 32.4 Å². The summed E-state index contributed by atoms with van der Waals surface area (Å²) in [5, 5.41) is 18.9. The van der Waals surface area contributed by atoms with Crippen molar-refractivity contribution in [1.29, 1.82) is 0 Å².